The van der Waals surface area contributed by atoms with E-state index in [1.54, 1.807) is 12.4 Å². The summed E-state index contributed by atoms with van der Waals surface area (Å²) < 4.78 is 0. The molecule has 2 N–H and O–H groups in total. The monoisotopic (exact) mass is 353 g/mol. The maximum Gasteiger partial charge on any atom is 0.165 e. The van der Waals surface area contributed by atoms with Crippen LogP contribution in [0.3, 0.4) is 0 Å². The van der Waals surface area contributed by atoms with Crippen molar-refractivity contribution in [3.8, 4) is 11.4 Å². The van der Waals surface area contributed by atoms with Gasteiger partial charge in [0.15, 0.2) is 5.82 Å². The molecule has 138 valence electrons. The van der Waals surface area contributed by atoms with Crippen molar-refractivity contribution in [2.75, 3.05) is 26.0 Å². The molecule has 3 rings (SSSR count). The Kier molecular flexibility index (Phi) is 4.91. The molecule has 0 aliphatic rings. The SMILES string of the molecule is Cc1n[nH]c(C)c1-c1nc(NC(C)(C)CCN(C)C)c2ccncc2n1. The fourth-order valence-electron chi connectivity index (χ4n) is 2.95. The molecule has 0 aromatic carbocycles. The van der Waals surface area contributed by atoms with Crippen molar-refractivity contribution in [3.63, 3.8) is 0 Å². The summed E-state index contributed by atoms with van der Waals surface area (Å²) in [5.74, 6) is 1.50. The van der Waals surface area contributed by atoms with Gasteiger partial charge in [0.25, 0.3) is 0 Å². The van der Waals surface area contributed by atoms with Crippen LogP contribution in [0.15, 0.2) is 18.5 Å². The highest BCUT2D eigenvalue weighted by molar-refractivity contribution is 5.90. The molecular formula is C19H27N7. The zero-order chi connectivity index (χ0) is 18.9. The molecule has 0 radical (unpaired) electrons. The Bertz CT molecular complexity index is 892. The van der Waals surface area contributed by atoms with Gasteiger partial charge in [-0.25, -0.2) is 9.97 Å². The van der Waals surface area contributed by atoms with Crippen molar-refractivity contribution in [1.82, 2.24) is 30.0 Å². The minimum Gasteiger partial charge on any atom is -0.365 e. The normalized spacial score (nSPS) is 12.1. The molecule has 0 fully saturated rings. The Balaban J connectivity index is 2.06. The standard InChI is InChI=1S/C19H27N7/c1-12-16(13(2)25-24-12)18-21-15-11-20-9-7-14(15)17(22-18)23-19(3,4)8-10-26(5)6/h7,9,11H,8,10H2,1-6H3,(H,24,25)(H,21,22,23). The zero-order valence-corrected chi connectivity index (χ0v) is 16.4. The van der Waals surface area contributed by atoms with Crippen LogP contribution in [0.1, 0.15) is 31.7 Å². The fraction of sp³-hybridized carbons (Fsp3) is 0.474. The summed E-state index contributed by atoms with van der Waals surface area (Å²) in [5, 5.41) is 11.9. The summed E-state index contributed by atoms with van der Waals surface area (Å²) in [5.41, 5.74) is 3.52. The van der Waals surface area contributed by atoms with Crippen molar-refractivity contribution >= 4 is 16.7 Å². The zero-order valence-electron chi connectivity index (χ0n) is 16.4. The summed E-state index contributed by atoms with van der Waals surface area (Å²) in [6, 6.07) is 1.96. The van der Waals surface area contributed by atoms with E-state index in [0.717, 1.165) is 46.6 Å². The molecule has 7 heteroatoms. The van der Waals surface area contributed by atoms with Gasteiger partial charge in [-0.05, 0) is 60.8 Å². The number of fused-ring (bicyclic) bond motifs is 1. The molecule has 0 aliphatic carbocycles. The van der Waals surface area contributed by atoms with Crippen molar-refractivity contribution in [2.24, 2.45) is 0 Å². The number of aryl methyl sites for hydroxylation is 2. The number of nitrogens with zero attached hydrogens (tertiary/aromatic N) is 5. The predicted molar refractivity (Wildman–Crippen MR) is 105 cm³/mol. The maximum atomic E-state index is 4.85. The van der Waals surface area contributed by atoms with Crippen molar-refractivity contribution in [3.05, 3.63) is 29.8 Å². The highest BCUT2D eigenvalue weighted by Gasteiger charge is 2.21. The highest BCUT2D eigenvalue weighted by atomic mass is 15.1. The lowest BCUT2D eigenvalue weighted by atomic mass is 10.00. The van der Waals surface area contributed by atoms with Gasteiger partial charge in [-0.15, -0.1) is 0 Å². The molecule has 3 heterocycles. The van der Waals surface area contributed by atoms with E-state index in [1.165, 1.54) is 0 Å². The van der Waals surface area contributed by atoms with Gasteiger partial charge < -0.3 is 10.2 Å². The number of aromatic amines is 1. The summed E-state index contributed by atoms with van der Waals surface area (Å²) in [4.78, 5) is 16.0. The molecule has 0 saturated carbocycles. The fourth-order valence-corrected chi connectivity index (χ4v) is 2.95. The van der Waals surface area contributed by atoms with Gasteiger partial charge in [-0.1, -0.05) is 0 Å². The largest absolute Gasteiger partial charge is 0.365 e. The second-order valence-electron chi connectivity index (χ2n) is 7.66. The van der Waals surface area contributed by atoms with Crippen molar-refractivity contribution in [1.29, 1.82) is 0 Å². The minimum absolute atomic E-state index is 0.105. The van der Waals surface area contributed by atoms with Gasteiger partial charge in [0, 0.05) is 22.8 Å². The quantitative estimate of drug-likeness (QED) is 0.708. The average molecular weight is 353 g/mol. The molecule has 0 atom stereocenters. The van der Waals surface area contributed by atoms with Crippen molar-refractivity contribution < 1.29 is 0 Å². The molecule has 0 aliphatic heterocycles. The molecular weight excluding hydrogens is 326 g/mol. The van der Waals surface area contributed by atoms with Crippen LogP contribution in [0.4, 0.5) is 5.82 Å². The van der Waals surface area contributed by atoms with Crippen LogP contribution in [-0.2, 0) is 0 Å². The predicted octanol–water partition coefficient (Wildman–Crippen LogP) is 3.17. The number of pyridine rings is 1. The molecule has 7 nitrogen and oxygen atoms in total. The molecule has 0 saturated heterocycles. The third kappa shape index (κ3) is 3.83. The maximum absolute atomic E-state index is 4.85. The van der Waals surface area contributed by atoms with Gasteiger partial charge in [0.05, 0.1) is 23.0 Å². The summed E-state index contributed by atoms with van der Waals surface area (Å²) in [6.45, 7) is 9.33. The van der Waals surface area contributed by atoms with E-state index in [4.69, 9.17) is 9.97 Å². The Morgan fingerprint density at radius 2 is 1.96 bits per heavy atom. The first kappa shape index (κ1) is 18.3. The number of H-pyrrole nitrogens is 1. The first-order valence-electron chi connectivity index (χ1n) is 8.83. The third-order valence-electron chi connectivity index (χ3n) is 4.49. The third-order valence-corrected chi connectivity index (χ3v) is 4.49. The number of aromatic nitrogens is 5. The van der Waals surface area contributed by atoms with E-state index in [1.807, 2.05) is 19.9 Å². The number of hydrogen-bond acceptors (Lipinski definition) is 6. The number of anilines is 1. The van der Waals surface area contributed by atoms with Crippen molar-refractivity contribution in [2.45, 2.75) is 39.7 Å². The molecule has 0 unspecified atom stereocenters. The second-order valence-corrected chi connectivity index (χ2v) is 7.66. The Morgan fingerprint density at radius 1 is 1.19 bits per heavy atom. The first-order valence-corrected chi connectivity index (χ1v) is 8.83. The van der Waals surface area contributed by atoms with Crippen LogP contribution < -0.4 is 5.32 Å². The Morgan fingerprint density at radius 3 is 2.62 bits per heavy atom. The summed E-state index contributed by atoms with van der Waals surface area (Å²) in [7, 11) is 4.18. The minimum atomic E-state index is -0.105. The molecule has 0 spiro atoms. The van der Waals surface area contributed by atoms with Crippen LogP contribution in [-0.4, -0.2) is 56.2 Å². The van der Waals surface area contributed by atoms with Crippen LogP contribution in [0.25, 0.3) is 22.3 Å². The molecule has 3 aromatic heterocycles. The number of hydrogen-bond donors (Lipinski definition) is 2. The number of nitrogens with one attached hydrogen (secondary N) is 2. The van der Waals surface area contributed by atoms with E-state index < -0.39 is 0 Å². The van der Waals surface area contributed by atoms with Crippen LogP contribution in [0.2, 0.25) is 0 Å². The number of rotatable bonds is 6. The van der Waals surface area contributed by atoms with Crippen LogP contribution in [0.5, 0.6) is 0 Å². The molecule has 0 amide bonds. The molecule has 0 bridgehead atoms. The lowest BCUT2D eigenvalue weighted by Crippen LogP contribution is -2.35. The van der Waals surface area contributed by atoms with E-state index in [0.29, 0.717) is 5.82 Å². The van der Waals surface area contributed by atoms with Gasteiger partial charge in [-0.2, -0.15) is 5.10 Å². The van der Waals surface area contributed by atoms with Crippen LogP contribution in [0, 0.1) is 13.8 Å². The Labute approximate surface area is 154 Å². The Hall–Kier alpha value is -2.54. The highest BCUT2D eigenvalue weighted by Crippen LogP contribution is 2.29. The van der Waals surface area contributed by atoms with Crippen LogP contribution >= 0.6 is 0 Å². The van der Waals surface area contributed by atoms with E-state index in [2.05, 4.69) is 53.3 Å². The lowest BCUT2D eigenvalue weighted by Gasteiger charge is -2.29. The summed E-state index contributed by atoms with van der Waals surface area (Å²) >= 11 is 0. The average Bonchev–Trinajstić information content (AvgIpc) is 2.91. The second kappa shape index (κ2) is 6.99. The van der Waals surface area contributed by atoms with Gasteiger partial charge in [0.1, 0.15) is 5.82 Å². The van der Waals surface area contributed by atoms with E-state index in [-0.39, 0.29) is 5.54 Å². The van der Waals surface area contributed by atoms with Gasteiger partial charge >= 0.3 is 0 Å². The van der Waals surface area contributed by atoms with E-state index in [9.17, 15) is 0 Å². The topological polar surface area (TPSA) is 82.6 Å². The summed E-state index contributed by atoms with van der Waals surface area (Å²) in [6.07, 6.45) is 4.55. The molecule has 26 heavy (non-hydrogen) atoms. The van der Waals surface area contributed by atoms with E-state index >= 15 is 0 Å². The lowest BCUT2D eigenvalue weighted by molar-refractivity contribution is 0.356. The molecule has 3 aromatic rings. The smallest absolute Gasteiger partial charge is 0.165 e. The van der Waals surface area contributed by atoms with Gasteiger partial charge in [-0.3, -0.25) is 10.1 Å². The van der Waals surface area contributed by atoms with Gasteiger partial charge in [0.2, 0.25) is 0 Å². The first-order chi connectivity index (χ1) is 12.3.